The number of hydrogen-bond acceptors (Lipinski definition) is 2. The van der Waals surface area contributed by atoms with Crippen molar-refractivity contribution in [1.82, 2.24) is 14.7 Å². The van der Waals surface area contributed by atoms with Crippen LogP contribution in [0.1, 0.15) is 25.0 Å². The molecule has 0 aromatic carbocycles. The Morgan fingerprint density at radius 3 is 2.88 bits per heavy atom. The van der Waals surface area contributed by atoms with Gasteiger partial charge in [-0.1, -0.05) is 0 Å². The molecule has 0 radical (unpaired) electrons. The van der Waals surface area contributed by atoms with Crippen molar-refractivity contribution in [2.45, 2.75) is 38.3 Å². The van der Waals surface area contributed by atoms with Gasteiger partial charge < -0.3 is 0 Å². The second kappa shape index (κ2) is 3.84. The fourth-order valence-corrected chi connectivity index (χ4v) is 3.15. The van der Waals surface area contributed by atoms with Gasteiger partial charge in [0, 0.05) is 30.4 Å². The number of aryl methyl sites for hydroxylation is 1. The third-order valence-corrected chi connectivity index (χ3v) is 4.92. The standard InChI is InChI=1S/C12H16IN3/c1-8-12(13)7-16(14-8)11-5-9-3-4-10(6-11)15(9)2/h5,7,9-10H,3-4,6H2,1-2H3. The number of likely N-dealkylation sites (N-methyl/N-ethyl adjacent to an activating group) is 1. The Bertz CT molecular complexity index is 430. The van der Waals surface area contributed by atoms with Crippen molar-refractivity contribution in [3.63, 3.8) is 0 Å². The van der Waals surface area contributed by atoms with E-state index in [0.717, 1.165) is 18.2 Å². The maximum Gasteiger partial charge on any atom is 0.0731 e. The molecule has 1 aromatic heterocycles. The minimum Gasteiger partial charge on any atom is -0.297 e. The Morgan fingerprint density at radius 2 is 2.25 bits per heavy atom. The van der Waals surface area contributed by atoms with Crippen LogP contribution in [0.4, 0.5) is 0 Å². The quantitative estimate of drug-likeness (QED) is 0.738. The number of halogens is 1. The lowest BCUT2D eigenvalue weighted by atomic mass is 10.1. The highest BCUT2D eigenvalue weighted by Gasteiger charge is 2.34. The van der Waals surface area contributed by atoms with Crippen molar-refractivity contribution in [3.8, 4) is 0 Å². The van der Waals surface area contributed by atoms with Gasteiger partial charge in [-0.05, 0) is 55.5 Å². The fourth-order valence-electron chi connectivity index (χ4n) is 2.78. The van der Waals surface area contributed by atoms with Crippen molar-refractivity contribution in [3.05, 3.63) is 21.5 Å². The van der Waals surface area contributed by atoms with Crippen LogP contribution in [0.25, 0.3) is 5.70 Å². The van der Waals surface area contributed by atoms with Crippen molar-refractivity contribution in [2.24, 2.45) is 0 Å². The third-order valence-electron chi connectivity index (χ3n) is 3.86. The first-order chi connectivity index (χ1) is 7.65. The van der Waals surface area contributed by atoms with Gasteiger partial charge in [0.2, 0.25) is 0 Å². The highest BCUT2D eigenvalue weighted by molar-refractivity contribution is 14.1. The van der Waals surface area contributed by atoms with E-state index >= 15 is 0 Å². The summed E-state index contributed by atoms with van der Waals surface area (Å²) in [6.07, 6.45) is 8.32. The Balaban J connectivity index is 1.94. The van der Waals surface area contributed by atoms with Gasteiger partial charge in [0.1, 0.15) is 0 Å². The van der Waals surface area contributed by atoms with Crippen LogP contribution in [-0.2, 0) is 0 Å². The Labute approximate surface area is 110 Å². The Morgan fingerprint density at radius 1 is 1.44 bits per heavy atom. The first-order valence-corrected chi connectivity index (χ1v) is 6.88. The highest BCUT2D eigenvalue weighted by Crippen LogP contribution is 2.35. The lowest BCUT2D eigenvalue weighted by Gasteiger charge is -2.30. The molecular formula is C12H16IN3. The molecule has 86 valence electrons. The molecule has 0 aliphatic carbocycles. The van der Waals surface area contributed by atoms with E-state index in [1.54, 1.807) is 0 Å². The molecule has 2 bridgehead atoms. The Kier molecular flexibility index (Phi) is 2.58. The van der Waals surface area contributed by atoms with E-state index in [0.29, 0.717) is 6.04 Å². The van der Waals surface area contributed by atoms with Gasteiger partial charge in [-0.15, -0.1) is 0 Å². The largest absolute Gasteiger partial charge is 0.297 e. The van der Waals surface area contributed by atoms with E-state index < -0.39 is 0 Å². The molecule has 2 aliphatic heterocycles. The monoisotopic (exact) mass is 329 g/mol. The number of fused-ring (bicyclic) bond motifs is 2. The van der Waals surface area contributed by atoms with Crippen molar-refractivity contribution in [1.29, 1.82) is 0 Å². The van der Waals surface area contributed by atoms with Crippen LogP contribution in [-0.4, -0.2) is 33.8 Å². The molecule has 3 nitrogen and oxygen atoms in total. The molecule has 1 fully saturated rings. The fraction of sp³-hybridized carbons (Fsp3) is 0.583. The summed E-state index contributed by atoms with van der Waals surface area (Å²) in [4.78, 5) is 2.50. The van der Waals surface area contributed by atoms with Crippen LogP contribution in [0.15, 0.2) is 12.3 Å². The van der Waals surface area contributed by atoms with Crippen LogP contribution in [0.2, 0.25) is 0 Å². The molecule has 0 N–H and O–H groups in total. The smallest absolute Gasteiger partial charge is 0.0731 e. The molecule has 2 unspecified atom stereocenters. The van der Waals surface area contributed by atoms with Crippen LogP contribution in [0.5, 0.6) is 0 Å². The predicted octanol–water partition coefficient (Wildman–Crippen LogP) is 2.50. The average molecular weight is 329 g/mol. The normalized spacial score (nSPS) is 29.6. The second-order valence-electron chi connectivity index (χ2n) is 4.83. The average Bonchev–Trinajstić information content (AvgIpc) is 2.67. The van der Waals surface area contributed by atoms with E-state index in [1.807, 2.05) is 0 Å². The molecule has 1 aromatic rings. The number of hydrogen-bond donors (Lipinski definition) is 0. The SMILES string of the molecule is Cc1nn(C2=CC3CCC(C2)N3C)cc1I. The lowest BCUT2D eigenvalue weighted by Crippen LogP contribution is -2.35. The summed E-state index contributed by atoms with van der Waals surface area (Å²) in [6.45, 7) is 2.07. The molecule has 0 amide bonds. The van der Waals surface area contributed by atoms with Crippen molar-refractivity contribution in [2.75, 3.05) is 7.05 Å². The summed E-state index contributed by atoms with van der Waals surface area (Å²) in [5.74, 6) is 0. The maximum absolute atomic E-state index is 4.58. The molecular weight excluding hydrogens is 313 g/mol. The van der Waals surface area contributed by atoms with Crippen molar-refractivity contribution >= 4 is 28.3 Å². The summed E-state index contributed by atoms with van der Waals surface area (Å²) in [7, 11) is 2.24. The van der Waals surface area contributed by atoms with Gasteiger partial charge in [0.05, 0.1) is 9.26 Å². The minimum absolute atomic E-state index is 0.635. The summed E-state index contributed by atoms with van der Waals surface area (Å²) in [6, 6.07) is 1.36. The van der Waals surface area contributed by atoms with Crippen molar-refractivity contribution < 1.29 is 0 Å². The van der Waals surface area contributed by atoms with E-state index in [9.17, 15) is 0 Å². The van der Waals surface area contributed by atoms with Gasteiger partial charge in [-0.2, -0.15) is 5.10 Å². The van der Waals surface area contributed by atoms with Gasteiger partial charge in [-0.25, -0.2) is 4.68 Å². The summed E-state index contributed by atoms with van der Waals surface area (Å²) in [5.41, 5.74) is 2.52. The van der Waals surface area contributed by atoms with Crippen LogP contribution >= 0.6 is 22.6 Å². The number of nitrogens with zero attached hydrogens (tertiary/aromatic N) is 3. The summed E-state index contributed by atoms with van der Waals surface area (Å²) >= 11 is 2.35. The Hall–Kier alpha value is -0.360. The first kappa shape index (κ1) is 10.8. The topological polar surface area (TPSA) is 21.1 Å². The van der Waals surface area contributed by atoms with E-state index in [1.165, 1.54) is 22.1 Å². The molecule has 2 atom stereocenters. The molecule has 3 heterocycles. The van der Waals surface area contributed by atoms with E-state index in [2.05, 4.69) is 63.5 Å². The van der Waals surface area contributed by atoms with E-state index in [4.69, 9.17) is 0 Å². The van der Waals surface area contributed by atoms with E-state index in [-0.39, 0.29) is 0 Å². The molecule has 3 rings (SSSR count). The molecule has 4 heteroatoms. The maximum atomic E-state index is 4.58. The number of aromatic nitrogens is 2. The zero-order valence-electron chi connectivity index (χ0n) is 9.65. The van der Waals surface area contributed by atoms with Crippen LogP contribution in [0, 0.1) is 10.5 Å². The third kappa shape index (κ3) is 1.62. The second-order valence-corrected chi connectivity index (χ2v) is 6.00. The predicted molar refractivity (Wildman–Crippen MR) is 73.1 cm³/mol. The molecule has 16 heavy (non-hydrogen) atoms. The number of rotatable bonds is 1. The van der Waals surface area contributed by atoms with Gasteiger partial charge >= 0.3 is 0 Å². The molecule has 0 spiro atoms. The van der Waals surface area contributed by atoms with Crippen LogP contribution < -0.4 is 0 Å². The molecule has 1 saturated heterocycles. The van der Waals surface area contributed by atoms with Gasteiger partial charge in [0.15, 0.2) is 0 Å². The van der Waals surface area contributed by atoms with Gasteiger partial charge in [0.25, 0.3) is 0 Å². The molecule has 2 aliphatic rings. The lowest BCUT2D eigenvalue weighted by molar-refractivity contribution is 0.261. The minimum atomic E-state index is 0.635. The summed E-state index contributed by atoms with van der Waals surface area (Å²) in [5, 5.41) is 4.58. The van der Waals surface area contributed by atoms with Gasteiger partial charge in [-0.3, -0.25) is 4.90 Å². The molecule has 0 saturated carbocycles. The zero-order chi connectivity index (χ0) is 11.3. The summed E-state index contributed by atoms with van der Waals surface area (Å²) < 4.78 is 3.33. The first-order valence-electron chi connectivity index (χ1n) is 5.80. The zero-order valence-corrected chi connectivity index (χ0v) is 11.8. The van der Waals surface area contributed by atoms with Crippen LogP contribution in [0.3, 0.4) is 0 Å². The highest BCUT2D eigenvalue weighted by atomic mass is 127.